The maximum Gasteiger partial charge on any atom is 0.243 e. The molecule has 0 aliphatic rings. The Labute approximate surface area is 265 Å². The minimum absolute atomic E-state index is 0.00520. The van der Waals surface area contributed by atoms with E-state index in [4.69, 9.17) is 27.9 Å². The Kier molecular flexibility index (Phi) is 12.7. The highest BCUT2D eigenvalue weighted by atomic mass is 35.5. The zero-order valence-corrected chi connectivity index (χ0v) is 27.3. The predicted octanol–water partition coefficient (Wildman–Crippen LogP) is 5.96. The molecule has 1 unspecified atom stereocenters. The summed E-state index contributed by atoms with van der Waals surface area (Å²) >= 11 is 12.4. The Bertz CT molecular complexity index is 1490. The second-order valence-electron chi connectivity index (χ2n) is 10.7. The molecule has 11 heteroatoms. The molecule has 0 spiro atoms. The normalized spacial score (nSPS) is 12.1. The van der Waals surface area contributed by atoms with Crippen LogP contribution in [0.4, 0.5) is 5.69 Å². The monoisotopic (exact) mass is 647 g/mol. The van der Waals surface area contributed by atoms with Crippen molar-refractivity contribution in [1.82, 2.24) is 10.2 Å². The molecule has 3 aromatic carbocycles. The number of anilines is 1. The van der Waals surface area contributed by atoms with Crippen molar-refractivity contribution in [3.8, 4) is 5.75 Å². The minimum Gasteiger partial charge on any atom is -0.495 e. The number of para-hydroxylation sites is 2. The highest BCUT2D eigenvalue weighted by molar-refractivity contribution is 7.92. The molecule has 0 aromatic heterocycles. The molecule has 8 nitrogen and oxygen atoms in total. The Morgan fingerprint density at radius 2 is 1.60 bits per heavy atom. The summed E-state index contributed by atoms with van der Waals surface area (Å²) in [6.07, 6.45) is 1.64. The topological polar surface area (TPSA) is 96.0 Å². The molecule has 0 radical (unpaired) electrons. The summed E-state index contributed by atoms with van der Waals surface area (Å²) in [7, 11) is -2.20. The van der Waals surface area contributed by atoms with E-state index in [-0.39, 0.29) is 43.7 Å². The fourth-order valence-electron chi connectivity index (χ4n) is 4.63. The van der Waals surface area contributed by atoms with E-state index in [0.717, 1.165) is 11.8 Å². The number of hydrogen-bond donors (Lipinski definition) is 1. The van der Waals surface area contributed by atoms with Gasteiger partial charge in [0.1, 0.15) is 11.8 Å². The quantitative estimate of drug-likeness (QED) is 0.220. The third kappa shape index (κ3) is 10.2. The van der Waals surface area contributed by atoms with E-state index in [1.54, 1.807) is 47.4 Å². The second-order valence-corrected chi connectivity index (χ2v) is 13.4. The van der Waals surface area contributed by atoms with Crippen LogP contribution in [0.25, 0.3) is 0 Å². The van der Waals surface area contributed by atoms with Crippen molar-refractivity contribution in [1.29, 1.82) is 0 Å². The van der Waals surface area contributed by atoms with Crippen LogP contribution in [-0.2, 0) is 32.6 Å². The maximum absolute atomic E-state index is 14.0. The third-order valence-corrected chi connectivity index (χ3v) is 8.72. The van der Waals surface area contributed by atoms with E-state index < -0.39 is 16.1 Å². The highest BCUT2D eigenvalue weighted by Gasteiger charge is 2.31. The third-order valence-electron chi connectivity index (χ3n) is 6.80. The number of halogens is 2. The fourth-order valence-corrected chi connectivity index (χ4v) is 5.92. The fraction of sp³-hybridized carbons (Fsp3) is 0.375. The van der Waals surface area contributed by atoms with Gasteiger partial charge in [-0.3, -0.25) is 13.9 Å². The van der Waals surface area contributed by atoms with Crippen LogP contribution in [-0.4, -0.2) is 57.6 Å². The largest absolute Gasteiger partial charge is 0.495 e. The van der Waals surface area contributed by atoms with E-state index >= 15 is 0 Å². The van der Waals surface area contributed by atoms with Gasteiger partial charge in [-0.05, 0) is 47.7 Å². The summed E-state index contributed by atoms with van der Waals surface area (Å²) in [4.78, 5) is 29.1. The number of amides is 2. The zero-order chi connectivity index (χ0) is 31.6. The number of rotatable bonds is 15. The molecule has 1 N–H and O–H groups in total. The van der Waals surface area contributed by atoms with E-state index in [2.05, 4.69) is 5.32 Å². The van der Waals surface area contributed by atoms with Gasteiger partial charge in [0.05, 0.1) is 29.1 Å². The van der Waals surface area contributed by atoms with Gasteiger partial charge in [-0.25, -0.2) is 8.42 Å². The SMILES string of the molecule is COc1ccccc1N(CCCC(=O)N(Cc1ccc(Cl)c(Cl)c1)C(Cc1ccccc1)C(=O)NCC(C)C)S(C)(=O)=O. The molecule has 0 heterocycles. The average Bonchev–Trinajstić information content (AvgIpc) is 2.97. The Morgan fingerprint density at radius 1 is 0.930 bits per heavy atom. The predicted molar refractivity (Wildman–Crippen MR) is 173 cm³/mol. The molecular formula is C32H39Cl2N3O5S. The Hall–Kier alpha value is -3.27. The molecule has 0 saturated heterocycles. The van der Waals surface area contributed by atoms with Gasteiger partial charge in [0.25, 0.3) is 0 Å². The summed E-state index contributed by atoms with van der Waals surface area (Å²) < 4.78 is 32.1. The lowest BCUT2D eigenvalue weighted by molar-refractivity contribution is -0.141. The van der Waals surface area contributed by atoms with Crippen molar-refractivity contribution in [2.24, 2.45) is 5.92 Å². The van der Waals surface area contributed by atoms with Crippen LogP contribution in [0.1, 0.15) is 37.8 Å². The Morgan fingerprint density at radius 3 is 2.23 bits per heavy atom. The number of nitrogens with one attached hydrogen (secondary N) is 1. The first-order chi connectivity index (χ1) is 20.4. The Balaban J connectivity index is 1.92. The molecule has 232 valence electrons. The molecule has 0 aliphatic carbocycles. The van der Waals surface area contributed by atoms with Crippen LogP contribution < -0.4 is 14.4 Å². The molecule has 0 fully saturated rings. The van der Waals surface area contributed by atoms with E-state index in [0.29, 0.717) is 40.0 Å². The average molecular weight is 649 g/mol. The molecule has 2 amide bonds. The first-order valence-corrected chi connectivity index (χ1v) is 16.7. The van der Waals surface area contributed by atoms with Crippen molar-refractivity contribution in [3.63, 3.8) is 0 Å². The van der Waals surface area contributed by atoms with Crippen LogP contribution in [0.3, 0.4) is 0 Å². The van der Waals surface area contributed by atoms with Gasteiger partial charge >= 0.3 is 0 Å². The van der Waals surface area contributed by atoms with Crippen molar-refractivity contribution in [2.45, 2.75) is 45.7 Å². The van der Waals surface area contributed by atoms with Gasteiger partial charge in [-0.1, -0.05) is 85.6 Å². The van der Waals surface area contributed by atoms with Gasteiger partial charge < -0.3 is 15.0 Å². The summed E-state index contributed by atoms with van der Waals surface area (Å²) in [5.74, 6) is 0.0701. The second kappa shape index (κ2) is 16.0. The number of ether oxygens (including phenoxy) is 1. The molecule has 3 aromatic rings. The molecule has 0 aliphatic heterocycles. The van der Waals surface area contributed by atoms with Gasteiger partial charge in [-0.15, -0.1) is 0 Å². The number of sulfonamides is 1. The lowest BCUT2D eigenvalue weighted by Gasteiger charge is -2.32. The van der Waals surface area contributed by atoms with Crippen molar-refractivity contribution < 1.29 is 22.7 Å². The molecule has 0 bridgehead atoms. The summed E-state index contributed by atoms with van der Waals surface area (Å²) in [6.45, 7) is 4.63. The zero-order valence-electron chi connectivity index (χ0n) is 24.9. The summed E-state index contributed by atoms with van der Waals surface area (Å²) in [6, 6.07) is 20.6. The van der Waals surface area contributed by atoms with Crippen LogP contribution in [0, 0.1) is 5.92 Å². The number of benzene rings is 3. The molecule has 0 saturated carbocycles. The number of methoxy groups -OCH3 is 1. The van der Waals surface area contributed by atoms with E-state index in [9.17, 15) is 18.0 Å². The summed E-state index contributed by atoms with van der Waals surface area (Å²) in [5.41, 5.74) is 2.01. The molecule has 43 heavy (non-hydrogen) atoms. The molecule has 3 rings (SSSR count). The number of carbonyl (C=O) groups excluding carboxylic acids is 2. The highest BCUT2D eigenvalue weighted by Crippen LogP contribution is 2.30. The van der Waals surface area contributed by atoms with Crippen LogP contribution in [0.2, 0.25) is 10.0 Å². The summed E-state index contributed by atoms with van der Waals surface area (Å²) in [5, 5.41) is 3.72. The van der Waals surface area contributed by atoms with Crippen LogP contribution >= 0.6 is 23.2 Å². The molecular weight excluding hydrogens is 609 g/mol. The first-order valence-electron chi connectivity index (χ1n) is 14.1. The van der Waals surface area contributed by atoms with Crippen LogP contribution in [0.5, 0.6) is 5.75 Å². The number of nitrogens with zero attached hydrogens (tertiary/aromatic N) is 2. The van der Waals surface area contributed by atoms with Gasteiger partial charge in [0, 0.05) is 32.5 Å². The van der Waals surface area contributed by atoms with E-state index in [1.807, 2.05) is 44.2 Å². The van der Waals surface area contributed by atoms with Crippen molar-refractivity contribution in [2.75, 3.05) is 30.8 Å². The first kappa shape index (κ1) is 34.2. The minimum atomic E-state index is -3.67. The van der Waals surface area contributed by atoms with Crippen molar-refractivity contribution >= 4 is 50.7 Å². The molecule has 1 atom stereocenters. The standard InChI is InChI=1S/C32H39Cl2N3O5S/c1-23(2)21-35-32(39)29(20-24-11-6-5-7-12-24)36(22-25-16-17-26(33)27(34)19-25)31(38)15-10-18-37(43(4,40)41)28-13-8-9-14-30(28)42-3/h5-9,11-14,16-17,19,23,29H,10,15,18,20-22H2,1-4H3,(H,35,39). The number of hydrogen-bond acceptors (Lipinski definition) is 5. The lowest BCUT2D eigenvalue weighted by atomic mass is 10.0. The van der Waals surface area contributed by atoms with Gasteiger partial charge in [0.15, 0.2) is 0 Å². The van der Waals surface area contributed by atoms with Gasteiger partial charge in [0.2, 0.25) is 21.8 Å². The lowest BCUT2D eigenvalue weighted by Crippen LogP contribution is -2.51. The van der Waals surface area contributed by atoms with Crippen molar-refractivity contribution in [3.05, 3.63) is 94.0 Å². The van der Waals surface area contributed by atoms with Gasteiger partial charge in [-0.2, -0.15) is 0 Å². The van der Waals surface area contributed by atoms with Crippen LogP contribution in [0.15, 0.2) is 72.8 Å². The number of carbonyl (C=O) groups is 2. The van der Waals surface area contributed by atoms with E-state index in [1.165, 1.54) is 11.4 Å². The smallest absolute Gasteiger partial charge is 0.243 e. The maximum atomic E-state index is 14.0.